The number of hydrazone groups is 2. The normalized spacial score (nSPS) is 10.9. The van der Waals surface area contributed by atoms with Crippen molar-refractivity contribution in [1.29, 1.82) is 10.5 Å². The van der Waals surface area contributed by atoms with Gasteiger partial charge in [0.2, 0.25) is 11.4 Å². The van der Waals surface area contributed by atoms with Crippen molar-refractivity contribution < 1.29 is 28.5 Å². The van der Waals surface area contributed by atoms with Gasteiger partial charge in [-0.3, -0.25) is 10.9 Å². The lowest BCUT2D eigenvalue weighted by molar-refractivity contribution is -0.135. The Bertz CT molecular complexity index is 1120. The monoisotopic (exact) mass is 506 g/mol. The zero-order chi connectivity index (χ0) is 26.9. The molecule has 0 spiro atoms. The molecule has 0 aromatic heterocycles. The van der Waals surface area contributed by atoms with Crippen molar-refractivity contribution in [1.82, 2.24) is 0 Å². The van der Waals surface area contributed by atoms with Crippen molar-refractivity contribution in [2.45, 2.75) is 20.3 Å². The Kier molecular flexibility index (Phi) is 12.0. The highest BCUT2D eigenvalue weighted by Gasteiger charge is 2.13. The van der Waals surface area contributed by atoms with E-state index in [1.54, 1.807) is 74.5 Å². The third-order valence-corrected chi connectivity index (χ3v) is 4.30. The van der Waals surface area contributed by atoms with Crippen LogP contribution in [0, 0.1) is 22.7 Å². The Hall–Kier alpha value is -5.10. The average Bonchev–Trinajstić information content (AvgIpc) is 2.91. The third kappa shape index (κ3) is 9.22. The fraction of sp³-hybridized carbons (Fsp3) is 0.280. The maximum Gasteiger partial charge on any atom is 0.369 e. The number of nitrogens with one attached hydrogen (secondary N) is 2. The number of nitrogens with zero attached hydrogens (tertiary/aromatic N) is 4. The summed E-state index contributed by atoms with van der Waals surface area (Å²) in [6.45, 7) is 4.11. The summed E-state index contributed by atoms with van der Waals surface area (Å²) >= 11 is 0. The number of benzene rings is 2. The number of nitriles is 2. The smallest absolute Gasteiger partial charge is 0.369 e. The van der Waals surface area contributed by atoms with Crippen molar-refractivity contribution in [2.24, 2.45) is 10.2 Å². The molecular weight excluding hydrogens is 480 g/mol. The zero-order valence-electron chi connectivity index (χ0n) is 20.4. The Morgan fingerprint density at radius 2 is 1.16 bits per heavy atom. The fourth-order valence-electron chi connectivity index (χ4n) is 2.66. The van der Waals surface area contributed by atoms with Crippen LogP contribution in [-0.4, -0.2) is 49.8 Å². The van der Waals surface area contributed by atoms with Gasteiger partial charge >= 0.3 is 11.9 Å². The molecule has 0 saturated carbocycles. The number of esters is 2. The molecule has 0 radical (unpaired) electrons. The van der Waals surface area contributed by atoms with Gasteiger partial charge in [0.25, 0.3) is 0 Å². The molecule has 12 heteroatoms. The van der Waals surface area contributed by atoms with Gasteiger partial charge in [-0.1, -0.05) is 24.3 Å². The van der Waals surface area contributed by atoms with Crippen molar-refractivity contribution in [3.8, 4) is 23.6 Å². The third-order valence-electron chi connectivity index (χ3n) is 4.30. The first-order valence-corrected chi connectivity index (χ1v) is 11.3. The highest BCUT2D eigenvalue weighted by atomic mass is 16.5. The van der Waals surface area contributed by atoms with E-state index in [0.717, 1.165) is 0 Å². The molecular formula is C25H26N6O6. The number of carbonyl (C=O) groups excluding carboxylic acids is 2. The summed E-state index contributed by atoms with van der Waals surface area (Å²) in [5, 5.41) is 25.8. The molecule has 0 heterocycles. The summed E-state index contributed by atoms with van der Waals surface area (Å²) in [6.07, 6.45) is 0.508. The minimum atomic E-state index is -0.821. The molecule has 0 amide bonds. The Labute approximate surface area is 214 Å². The van der Waals surface area contributed by atoms with Crippen LogP contribution in [-0.2, 0) is 19.1 Å². The second-order valence-corrected chi connectivity index (χ2v) is 6.85. The van der Waals surface area contributed by atoms with Crippen molar-refractivity contribution in [3.05, 3.63) is 48.5 Å². The fourth-order valence-corrected chi connectivity index (χ4v) is 2.66. The van der Waals surface area contributed by atoms with Crippen LogP contribution >= 0.6 is 0 Å². The summed E-state index contributed by atoms with van der Waals surface area (Å²) in [5.74, 6) is -0.713. The molecule has 0 atom stereocenters. The van der Waals surface area contributed by atoms with Crippen LogP contribution in [0.25, 0.3) is 0 Å². The Morgan fingerprint density at radius 1 is 0.757 bits per heavy atom. The highest BCUT2D eigenvalue weighted by Crippen LogP contribution is 2.25. The number of hydrogen-bond acceptors (Lipinski definition) is 12. The van der Waals surface area contributed by atoms with E-state index in [9.17, 15) is 9.59 Å². The average molecular weight is 507 g/mol. The van der Waals surface area contributed by atoms with Gasteiger partial charge in [0.1, 0.15) is 23.6 Å². The largest absolute Gasteiger partial charge is 0.491 e. The van der Waals surface area contributed by atoms with E-state index in [2.05, 4.69) is 21.1 Å². The molecule has 0 aliphatic rings. The van der Waals surface area contributed by atoms with E-state index >= 15 is 0 Å². The lowest BCUT2D eigenvalue weighted by Gasteiger charge is -2.13. The van der Waals surface area contributed by atoms with E-state index in [1.807, 2.05) is 0 Å². The predicted molar refractivity (Wildman–Crippen MR) is 135 cm³/mol. The maximum absolute atomic E-state index is 11.7. The van der Waals surface area contributed by atoms with Crippen LogP contribution < -0.4 is 20.3 Å². The second-order valence-electron chi connectivity index (χ2n) is 6.85. The summed E-state index contributed by atoms with van der Waals surface area (Å²) in [6, 6.07) is 17.2. The van der Waals surface area contributed by atoms with Crippen LogP contribution in [0.2, 0.25) is 0 Å². The topological polar surface area (TPSA) is 167 Å². The summed E-state index contributed by atoms with van der Waals surface area (Å²) in [7, 11) is 0. The molecule has 0 bridgehead atoms. The summed E-state index contributed by atoms with van der Waals surface area (Å²) < 4.78 is 21.1. The number of anilines is 2. The molecule has 0 saturated heterocycles. The quantitative estimate of drug-likeness (QED) is 0.168. The van der Waals surface area contributed by atoms with Gasteiger partial charge in [-0.2, -0.15) is 20.7 Å². The highest BCUT2D eigenvalue weighted by molar-refractivity contribution is 6.43. The number of hydrogen-bond donors (Lipinski definition) is 2. The first-order valence-electron chi connectivity index (χ1n) is 11.3. The lowest BCUT2D eigenvalue weighted by Crippen LogP contribution is -2.17. The minimum absolute atomic E-state index is 0.129. The molecule has 2 aromatic rings. The molecule has 2 aromatic carbocycles. The van der Waals surface area contributed by atoms with Gasteiger partial charge < -0.3 is 18.9 Å². The van der Waals surface area contributed by atoms with Gasteiger partial charge in [-0.05, 0) is 38.1 Å². The molecule has 0 unspecified atom stereocenters. The molecule has 12 nitrogen and oxygen atoms in total. The number of ether oxygens (including phenoxy) is 4. The first-order chi connectivity index (χ1) is 18.0. The summed E-state index contributed by atoms with van der Waals surface area (Å²) in [5.41, 5.74) is 5.41. The molecule has 0 aliphatic carbocycles. The molecule has 0 aliphatic heterocycles. The minimum Gasteiger partial charge on any atom is -0.491 e. The number of carbonyl (C=O) groups is 2. The molecule has 37 heavy (non-hydrogen) atoms. The van der Waals surface area contributed by atoms with Crippen LogP contribution in [0.5, 0.6) is 11.5 Å². The van der Waals surface area contributed by atoms with Gasteiger partial charge in [0, 0.05) is 6.42 Å². The van der Waals surface area contributed by atoms with Crippen LogP contribution in [0.3, 0.4) is 0 Å². The summed E-state index contributed by atoms with van der Waals surface area (Å²) in [4.78, 5) is 23.4. The van der Waals surface area contributed by atoms with Gasteiger partial charge in [-0.25, -0.2) is 9.59 Å². The van der Waals surface area contributed by atoms with Crippen molar-refractivity contribution in [3.63, 3.8) is 0 Å². The molecule has 192 valence electrons. The van der Waals surface area contributed by atoms with Gasteiger partial charge in [0.05, 0.1) is 37.8 Å². The Balaban J connectivity index is 1.91. The van der Waals surface area contributed by atoms with Crippen LogP contribution in [0.4, 0.5) is 11.4 Å². The van der Waals surface area contributed by atoms with E-state index in [0.29, 0.717) is 42.5 Å². The number of rotatable bonds is 14. The van der Waals surface area contributed by atoms with E-state index in [4.69, 9.17) is 29.5 Å². The van der Waals surface area contributed by atoms with Gasteiger partial charge in [-0.15, -0.1) is 0 Å². The standard InChI is InChI=1S/C25H26N6O6/c1-3-34-24(32)20(16-26)30-28-18-10-5-7-12-22(18)36-14-9-15-37-23-13-8-6-11-19(23)29-31-21(17-27)25(33)35-4-2/h5-8,10-13,28-29H,3-4,9,14-15H2,1-2H3/b30-20+,31-21+. The van der Waals surface area contributed by atoms with E-state index in [-0.39, 0.29) is 13.2 Å². The molecule has 0 fully saturated rings. The predicted octanol–water partition coefficient (Wildman–Crippen LogP) is 3.24. The molecule has 2 rings (SSSR count). The van der Waals surface area contributed by atoms with Crippen molar-refractivity contribution >= 4 is 34.7 Å². The number of para-hydroxylation sites is 4. The van der Waals surface area contributed by atoms with Crippen molar-refractivity contribution in [2.75, 3.05) is 37.3 Å². The zero-order valence-corrected chi connectivity index (χ0v) is 20.4. The lowest BCUT2D eigenvalue weighted by atomic mass is 10.3. The van der Waals surface area contributed by atoms with E-state index < -0.39 is 23.4 Å². The maximum atomic E-state index is 11.7. The molecule has 2 N–H and O–H groups in total. The van der Waals surface area contributed by atoms with Crippen LogP contribution in [0.1, 0.15) is 20.3 Å². The van der Waals surface area contributed by atoms with E-state index in [1.165, 1.54) is 0 Å². The first kappa shape index (κ1) is 28.1. The van der Waals surface area contributed by atoms with Gasteiger partial charge in [0.15, 0.2) is 0 Å². The Morgan fingerprint density at radius 3 is 1.54 bits per heavy atom. The van der Waals surface area contributed by atoms with Crippen LogP contribution in [0.15, 0.2) is 58.7 Å². The second kappa shape index (κ2) is 15.7. The SMILES string of the molecule is CCOC(=O)/C(C#N)=N/Nc1ccccc1OCCCOc1ccccc1N/N=C(\C#N)C(=O)OCC.